The molecule has 1 aromatic carbocycles. The molecule has 0 aliphatic carbocycles. The van der Waals surface area contributed by atoms with E-state index in [0.717, 1.165) is 18.7 Å². The summed E-state index contributed by atoms with van der Waals surface area (Å²) in [5.41, 5.74) is 4.25. The van der Waals surface area contributed by atoms with E-state index in [1.54, 1.807) is 11.3 Å². The molecule has 3 rings (SSSR count). The molecule has 1 N–H and O–H groups in total. The van der Waals surface area contributed by atoms with E-state index >= 15 is 0 Å². The maximum atomic E-state index is 5.66. The largest absolute Gasteiger partial charge is 0.375 e. The topological polar surface area (TPSA) is 34.2 Å². The molecule has 0 saturated carbocycles. The lowest BCUT2D eigenvalue weighted by atomic mass is 10.1. The fraction of sp³-hybridized carbons (Fsp3) is 0.417. The number of nitrogens with one attached hydrogen (secondary N) is 1. The molecule has 2 atom stereocenters. The van der Waals surface area contributed by atoms with Gasteiger partial charge in [0.25, 0.3) is 0 Å². The van der Waals surface area contributed by atoms with Crippen molar-refractivity contribution in [3.63, 3.8) is 0 Å². The maximum absolute atomic E-state index is 5.66. The standard InChI is InChI=1S/C12H14N2OS/c1-8-5-13-11(6-15-8)9-2-3-12-10(4-9)14-7-16-12/h2-4,7-8,11,13H,5-6H2,1H3. The van der Waals surface area contributed by atoms with Crippen LogP contribution in [0.2, 0.25) is 0 Å². The van der Waals surface area contributed by atoms with Gasteiger partial charge in [-0.2, -0.15) is 0 Å². The van der Waals surface area contributed by atoms with Crippen LogP contribution in [0, 0.1) is 0 Å². The molecule has 2 aromatic rings. The predicted octanol–water partition coefficient (Wildman–Crippen LogP) is 2.35. The highest BCUT2D eigenvalue weighted by atomic mass is 32.1. The minimum atomic E-state index is 0.308. The molecule has 1 aliphatic rings. The second-order valence-corrected chi connectivity index (χ2v) is 5.07. The van der Waals surface area contributed by atoms with Crippen LogP contribution in [0.15, 0.2) is 23.7 Å². The lowest BCUT2D eigenvalue weighted by Gasteiger charge is -2.28. The first-order valence-electron chi connectivity index (χ1n) is 5.51. The van der Waals surface area contributed by atoms with Crippen molar-refractivity contribution in [2.24, 2.45) is 0 Å². The number of hydrogen-bond donors (Lipinski definition) is 1. The van der Waals surface area contributed by atoms with E-state index in [-0.39, 0.29) is 0 Å². The molecule has 0 amide bonds. The van der Waals surface area contributed by atoms with Gasteiger partial charge in [-0.3, -0.25) is 0 Å². The van der Waals surface area contributed by atoms with Crippen LogP contribution in [-0.4, -0.2) is 24.2 Å². The Kier molecular flexibility index (Phi) is 2.63. The second kappa shape index (κ2) is 4.13. The summed E-state index contributed by atoms with van der Waals surface area (Å²) in [4.78, 5) is 4.34. The first-order valence-corrected chi connectivity index (χ1v) is 6.39. The third-order valence-corrected chi connectivity index (χ3v) is 3.77. The number of nitrogens with zero attached hydrogens (tertiary/aromatic N) is 1. The van der Waals surface area contributed by atoms with E-state index in [1.807, 2.05) is 5.51 Å². The van der Waals surface area contributed by atoms with Gasteiger partial charge < -0.3 is 10.1 Å². The monoisotopic (exact) mass is 234 g/mol. The zero-order valence-electron chi connectivity index (χ0n) is 9.14. The molecule has 2 heterocycles. The van der Waals surface area contributed by atoms with Crippen molar-refractivity contribution in [3.05, 3.63) is 29.3 Å². The molecule has 3 nitrogen and oxygen atoms in total. The fourth-order valence-corrected chi connectivity index (χ4v) is 2.65. The van der Waals surface area contributed by atoms with Gasteiger partial charge in [0.15, 0.2) is 0 Å². The molecule has 0 spiro atoms. The number of ether oxygens (including phenoxy) is 1. The molecular formula is C12H14N2OS. The number of thiazole rings is 1. The van der Waals surface area contributed by atoms with Gasteiger partial charge in [0.2, 0.25) is 0 Å². The minimum absolute atomic E-state index is 0.308. The van der Waals surface area contributed by atoms with Crippen LogP contribution >= 0.6 is 11.3 Å². The molecule has 2 unspecified atom stereocenters. The second-order valence-electron chi connectivity index (χ2n) is 4.18. The van der Waals surface area contributed by atoms with Gasteiger partial charge in [0.1, 0.15) is 0 Å². The van der Waals surface area contributed by atoms with Gasteiger partial charge in [0.05, 0.1) is 34.5 Å². The highest BCUT2D eigenvalue weighted by Gasteiger charge is 2.19. The van der Waals surface area contributed by atoms with Crippen LogP contribution < -0.4 is 5.32 Å². The molecule has 4 heteroatoms. The van der Waals surface area contributed by atoms with Gasteiger partial charge in [-0.15, -0.1) is 11.3 Å². The van der Waals surface area contributed by atoms with Crippen molar-refractivity contribution in [3.8, 4) is 0 Å². The summed E-state index contributed by atoms with van der Waals surface area (Å²) in [6.45, 7) is 3.75. The lowest BCUT2D eigenvalue weighted by Crippen LogP contribution is -2.39. The third kappa shape index (κ3) is 1.84. The van der Waals surface area contributed by atoms with Crippen molar-refractivity contribution >= 4 is 21.6 Å². The predicted molar refractivity (Wildman–Crippen MR) is 65.8 cm³/mol. The van der Waals surface area contributed by atoms with Gasteiger partial charge in [-0.25, -0.2) is 4.98 Å². The Labute approximate surface area is 98.5 Å². The van der Waals surface area contributed by atoms with Gasteiger partial charge in [-0.1, -0.05) is 6.07 Å². The number of aromatic nitrogens is 1. The van der Waals surface area contributed by atoms with E-state index in [2.05, 4.69) is 35.4 Å². The summed E-state index contributed by atoms with van der Waals surface area (Å²) < 4.78 is 6.90. The molecule has 0 bridgehead atoms. The number of benzene rings is 1. The Balaban J connectivity index is 1.87. The zero-order chi connectivity index (χ0) is 11.0. The Morgan fingerprint density at radius 3 is 3.25 bits per heavy atom. The average molecular weight is 234 g/mol. The summed E-state index contributed by atoms with van der Waals surface area (Å²) in [5, 5.41) is 3.49. The average Bonchev–Trinajstić information content (AvgIpc) is 2.77. The van der Waals surface area contributed by atoms with Crippen molar-refractivity contribution in [1.82, 2.24) is 10.3 Å². The van der Waals surface area contributed by atoms with Crippen LogP contribution in [0.5, 0.6) is 0 Å². The molecule has 84 valence electrons. The quantitative estimate of drug-likeness (QED) is 0.822. The molecule has 1 aliphatic heterocycles. The summed E-state index contributed by atoms with van der Waals surface area (Å²) in [5.74, 6) is 0. The number of rotatable bonds is 1. The van der Waals surface area contributed by atoms with Crippen LogP contribution in [0.25, 0.3) is 10.2 Å². The van der Waals surface area contributed by atoms with Crippen molar-refractivity contribution in [2.45, 2.75) is 19.1 Å². The fourth-order valence-electron chi connectivity index (χ4n) is 1.99. The third-order valence-electron chi connectivity index (χ3n) is 2.96. The number of morpholine rings is 1. The molecule has 0 radical (unpaired) electrons. The SMILES string of the molecule is CC1CNC(c2ccc3scnc3c2)CO1. The van der Waals surface area contributed by atoms with Gasteiger partial charge in [-0.05, 0) is 24.6 Å². The minimum Gasteiger partial charge on any atom is -0.375 e. The van der Waals surface area contributed by atoms with Crippen LogP contribution in [0.4, 0.5) is 0 Å². The Morgan fingerprint density at radius 1 is 1.50 bits per heavy atom. The van der Waals surface area contributed by atoms with Crippen molar-refractivity contribution < 1.29 is 4.74 Å². The van der Waals surface area contributed by atoms with E-state index < -0.39 is 0 Å². The molecule has 1 saturated heterocycles. The maximum Gasteiger partial charge on any atom is 0.0815 e. The Hall–Kier alpha value is -0.970. The zero-order valence-corrected chi connectivity index (χ0v) is 9.96. The van der Waals surface area contributed by atoms with Gasteiger partial charge in [0, 0.05) is 6.54 Å². The van der Waals surface area contributed by atoms with Crippen molar-refractivity contribution in [2.75, 3.05) is 13.2 Å². The summed E-state index contributed by atoms with van der Waals surface area (Å²) in [6.07, 6.45) is 0.319. The normalized spacial score (nSPS) is 26.1. The lowest BCUT2D eigenvalue weighted by molar-refractivity contribution is 0.0149. The molecule has 1 aromatic heterocycles. The first-order chi connectivity index (χ1) is 7.83. The summed E-state index contributed by atoms with van der Waals surface area (Å²) >= 11 is 1.68. The molecule has 16 heavy (non-hydrogen) atoms. The van der Waals surface area contributed by atoms with E-state index in [0.29, 0.717) is 12.1 Å². The van der Waals surface area contributed by atoms with Crippen LogP contribution in [-0.2, 0) is 4.74 Å². The Morgan fingerprint density at radius 2 is 2.44 bits per heavy atom. The van der Waals surface area contributed by atoms with Gasteiger partial charge >= 0.3 is 0 Å². The Bertz CT molecular complexity index is 488. The molecular weight excluding hydrogens is 220 g/mol. The number of fused-ring (bicyclic) bond motifs is 1. The highest BCUT2D eigenvalue weighted by Crippen LogP contribution is 2.24. The smallest absolute Gasteiger partial charge is 0.0815 e. The van der Waals surface area contributed by atoms with E-state index in [1.165, 1.54) is 10.3 Å². The first kappa shape index (κ1) is 10.2. The van der Waals surface area contributed by atoms with Crippen molar-refractivity contribution in [1.29, 1.82) is 0 Å². The highest BCUT2D eigenvalue weighted by molar-refractivity contribution is 7.16. The van der Waals surface area contributed by atoms with Crippen LogP contribution in [0.3, 0.4) is 0 Å². The number of hydrogen-bond acceptors (Lipinski definition) is 4. The van der Waals surface area contributed by atoms with Crippen LogP contribution in [0.1, 0.15) is 18.5 Å². The summed E-state index contributed by atoms with van der Waals surface area (Å²) in [7, 11) is 0. The molecule has 1 fully saturated rings. The van der Waals surface area contributed by atoms with E-state index in [4.69, 9.17) is 4.74 Å². The van der Waals surface area contributed by atoms with E-state index in [9.17, 15) is 0 Å². The summed E-state index contributed by atoms with van der Waals surface area (Å²) in [6, 6.07) is 6.77.